The first-order chi connectivity index (χ1) is 9.00. The Bertz CT molecular complexity index is 504. The third-order valence-electron chi connectivity index (χ3n) is 3.42. The monoisotopic (exact) mass is 281 g/mol. The molecule has 1 unspecified atom stereocenters. The van der Waals surface area contributed by atoms with E-state index in [1.807, 2.05) is 30.4 Å². The fourth-order valence-corrected chi connectivity index (χ4v) is 3.70. The number of hydrogen-bond acceptors (Lipinski definition) is 4. The summed E-state index contributed by atoms with van der Waals surface area (Å²) in [6, 6.07) is 0.497. The van der Waals surface area contributed by atoms with E-state index in [0.717, 1.165) is 29.2 Å². The van der Waals surface area contributed by atoms with Crippen LogP contribution in [0.1, 0.15) is 17.7 Å². The molecule has 1 aromatic heterocycles. The second kappa shape index (κ2) is 5.69. The van der Waals surface area contributed by atoms with Crippen LogP contribution in [0.4, 0.5) is 5.82 Å². The molecule has 0 aromatic carbocycles. The molecule has 1 aromatic rings. The average Bonchev–Trinajstić information content (AvgIpc) is 2.94. The summed E-state index contributed by atoms with van der Waals surface area (Å²) >= 11 is 1.96. The van der Waals surface area contributed by atoms with Crippen LogP contribution in [-0.4, -0.2) is 45.5 Å². The van der Waals surface area contributed by atoms with Gasteiger partial charge in [0.15, 0.2) is 0 Å². The number of hydrogen-bond donors (Lipinski definition) is 1. The summed E-state index contributed by atoms with van der Waals surface area (Å²) in [5, 5.41) is 13.2. The maximum atomic E-state index is 10.7. The SMILES string of the molecule is Cc1nn(C)c(N(C)C2CCSC2)c1/C=C/C(=O)O. The molecule has 19 heavy (non-hydrogen) atoms. The average molecular weight is 281 g/mol. The second-order valence-electron chi connectivity index (χ2n) is 4.75. The molecule has 1 fully saturated rings. The first-order valence-electron chi connectivity index (χ1n) is 6.26. The van der Waals surface area contributed by atoms with Crippen molar-refractivity contribution in [2.45, 2.75) is 19.4 Å². The Morgan fingerprint density at radius 1 is 1.63 bits per heavy atom. The highest BCUT2D eigenvalue weighted by molar-refractivity contribution is 7.99. The van der Waals surface area contributed by atoms with Crippen molar-refractivity contribution < 1.29 is 9.90 Å². The number of carboxylic acids is 1. The normalized spacial score (nSPS) is 19.2. The summed E-state index contributed by atoms with van der Waals surface area (Å²) in [6.07, 6.45) is 3.97. The van der Waals surface area contributed by atoms with E-state index in [1.165, 1.54) is 11.8 Å². The molecule has 1 saturated heterocycles. The molecule has 2 heterocycles. The molecule has 0 amide bonds. The van der Waals surface area contributed by atoms with E-state index in [1.54, 1.807) is 6.08 Å². The summed E-state index contributed by atoms with van der Waals surface area (Å²) in [5.41, 5.74) is 1.75. The molecule has 1 aliphatic heterocycles. The lowest BCUT2D eigenvalue weighted by Crippen LogP contribution is -2.33. The number of carbonyl (C=O) groups is 1. The summed E-state index contributed by atoms with van der Waals surface area (Å²) in [6.45, 7) is 1.91. The third-order valence-corrected chi connectivity index (χ3v) is 4.56. The lowest BCUT2D eigenvalue weighted by atomic mass is 10.1. The van der Waals surface area contributed by atoms with E-state index in [-0.39, 0.29) is 0 Å². The minimum absolute atomic E-state index is 0.497. The fourth-order valence-electron chi connectivity index (χ4n) is 2.43. The number of aliphatic carboxylic acids is 1. The van der Waals surface area contributed by atoms with Gasteiger partial charge in [-0.1, -0.05) is 0 Å². The zero-order valence-electron chi connectivity index (χ0n) is 11.5. The minimum Gasteiger partial charge on any atom is -0.478 e. The van der Waals surface area contributed by atoms with Gasteiger partial charge >= 0.3 is 5.97 Å². The van der Waals surface area contributed by atoms with Gasteiger partial charge in [-0.3, -0.25) is 4.68 Å². The molecule has 0 saturated carbocycles. The van der Waals surface area contributed by atoms with Crippen molar-refractivity contribution in [1.29, 1.82) is 0 Å². The predicted octanol–water partition coefficient (Wildman–Crippen LogP) is 1.77. The zero-order chi connectivity index (χ0) is 14.0. The van der Waals surface area contributed by atoms with Crippen molar-refractivity contribution >= 4 is 29.6 Å². The molecule has 0 spiro atoms. The maximum Gasteiger partial charge on any atom is 0.328 e. The lowest BCUT2D eigenvalue weighted by molar-refractivity contribution is -0.131. The van der Waals surface area contributed by atoms with E-state index in [9.17, 15) is 4.79 Å². The third kappa shape index (κ3) is 2.94. The number of thioether (sulfide) groups is 1. The molecular formula is C13H19N3O2S. The van der Waals surface area contributed by atoms with Crippen molar-refractivity contribution in [1.82, 2.24) is 9.78 Å². The van der Waals surface area contributed by atoms with Gasteiger partial charge in [0.1, 0.15) is 5.82 Å². The van der Waals surface area contributed by atoms with Gasteiger partial charge in [0.2, 0.25) is 0 Å². The number of carboxylic acid groups (broad SMARTS) is 1. The lowest BCUT2D eigenvalue weighted by Gasteiger charge is -2.26. The highest BCUT2D eigenvalue weighted by Crippen LogP contribution is 2.30. The molecule has 0 radical (unpaired) electrons. The van der Waals surface area contributed by atoms with Crippen LogP contribution in [-0.2, 0) is 11.8 Å². The van der Waals surface area contributed by atoms with Gasteiger partial charge in [0.25, 0.3) is 0 Å². The van der Waals surface area contributed by atoms with Crippen LogP contribution in [0.3, 0.4) is 0 Å². The summed E-state index contributed by atoms with van der Waals surface area (Å²) in [7, 11) is 3.96. The zero-order valence-corrected chi connectivity index (χ0v) is 12.3. The van der Waals surface area contributed by atoms with Crippen molar-refractivity contribution in [3.05, 3.63) is 17.3 Å². The number of aromatic nitrogens is 2. The van der Waals surface area contributed by atoms with Crippen LogP contribution < -0.4 is 4.90 Å². The van der Waals surface area contributed by atoms with Crippen LogP contribution in [0.2, 0.25) is 0 Å². The Labute approximate surface area is 117 Å². The molecule has 0 aliphatic carbocycles. The van der Waals surface area contributed by atoms with Crippen LogP contribution in [0.15, 0.2) is 6.08 Å². The first kappa shape index (κ1) is 14.0. The standard InChI is InChI=1S/C13H19N3O2S/c1-9-11(4-5-12(17)18)13(16(3)14-9)15(2)10-6-7-19-8-10/h4-5,10H,6-8H2,1-3H3,(H,17,18)/b5-4+. The summed E-state index contributed by atoms with van der Waals surface area (Å²) in [5.74, 6) is 2.35. The molecule has 2 rings (SSSR count). The Hall–Kier alpha value is -1.43. The fraction of sp³-hybridized carbons (Fsp3) is 0.538. The highest BCUT2D eigenvalue weighted by Gasteiger charge is 2.24. The van der Waals surface area contributed by atoms with E-state index < -0.39 is 5.97 Å². The molecule has 104 valence electrons. The topological polar surface area (TPSA) is 58.4 Å². The van der Waals surface area contributed by atoms with Gasteiger partial charge in [0, 0.05) is 37.5 Å². The van der Waals surface area contributed by atoms with Gasteiger partial charge in [0.05, 0.1) is 5.69 Å². The van der Waals surface area contributed by atoms with E-state index in [2.05, 4.69) is 17.0 Å². The van der Waals surface area contributed by atoms with Crippen LogP contribution in [0, 0.1) is 6.92 Å². The van der Waals surface area contributed by atoms with E-state index in [4.69, 9.17) is 5.11 Å². The summed E-state index contributed by atoms with van der Waals surface area (Å²) < 4.78 is 1.83. The Morgan fingerprint density at radius 2 is 2.37 bits per heavy atom. The smallest absolute Gasteiger partial charge is 0.328 e. The Morgan fingerprint density at radius 3 is 2.95 bits per heavy atom. The van der Waals surface area contributed by atoms with Crippen molar-refractivity contribution in [2.75, 3.05) is 23.5 Å². The molecule has 1 aliphatic rings. The van der Waals surface area contributed by atoms with Crippen LogP contribution in [0.5, 0.6) is 0 Å². The quantitative estimate of drug-likeness (QED) is 0.852. The molecule has 5 nitrogen and oxygen atoms in total. The van der Waals surface area contributed by atoms with E-state index in [0.29, 0.717) is 6.04 Å². The van der Waals surface area contributed by atoms with E-state index >= 15 is 0 Å². The van der Waals surface area contributed by atoms with Gasteiger partial charge in [-0.2, -0.15) is 16.9 Å². The molecular weight excluding hydrogens is 262 g/mol. The second-order valence-corrected chi connectivity index (χ2v) is 5.90. The number of nitrogens with zero attached hydrogens (tertiary/aromatic N) is 3. The Balaban J connectivity index is 2.35. The Kier molecular flexibility index (Phi) is 4.19. The highest BCUT2D eigenvalue weighted by atomic mass is 32.2. The minimum atomic E-state index is -0.937. The van der Waals surface area contributed by atoms with Crippen molar-refractivity contribution in [3.63, 3.8) is 0 Å². The molecule has 0 bridgehead atoms. The van der Waals surface area contributed by atoms with Crippen LogP contribution in [0.25, 0.3) is 6.08 Å². The molecule has 1 atom stereocenters. The number of rotatable bonds is 4. The van der Waals surface area contributed by atoms with Gasteiger partial charge < -0.3 is 10.0 Å². The van der Waals surface area contributed by atoms with Crippen LogP contribution >= 0.6 is 11.8 Å². The van der Waals surface area contributed by atoms with Gasteiger partial charge in [-0.05, 0) is 25.2 Å². The maximum absolute atomic E-state index is 10.7. The molecule has 6 heteroatoms. The van der Waals surface area contributed by atoms with Crippen molar-refractivity contribution in [3.8, 4) is 0 Å². The first-order valence-corrected chi connectivity index (χ1v) is 7.41. The predicted molar refractivity (Wildman–Crippen MR) is 78.7 cm³/mol. The largest absolute Gasteiger partial charge is 0.478 e. The molecule has 1 N–H and O–H groups in total. The number of anilines is 1. The number of aryl methyl sites for hydroxylation is 2. The summed E-state index contributed by atoms with van der Waals surface area (Å²) in [4.78, 5) is 12.9. The van der Waals surface area contributed by atoms with Gasteiger partial charge in [-0.25, -0.2) is 4.79 Å². The van der Waals surface area contributed by atoms with Crippen molar-refractivity contribution in [2.24, 2.45) is 7.05 Å². The van der Waals surface area contributed by atoms with Gasteiger partial charge in [-0.15, -0.1) is 0 Å².